The first-order chi connectivity index (χ1) is 15.6. The van der Waals surface area contributed by atoms with E-state index in [9.17, 15) is 4.79 Å². The summed E-state index contributed by atoms with van der Waals surface area (Å²) in [4.78, 5) is 19.1. The Labute approximate surface area is 207 Å². The molecule has 1 aromatic heterocycles. The Bertz CT molecular complexity index is 1170. The van der Waals surface area contributed by atoms with Crippen molar-refractivity contribution in [3.63, 3.8) is 0 Å². The first-order valence-corrected chi connectivity index (χ1v) is 12.2. The summed E-state index contributed by atoms with van der Waals surface area (Å²) < 4.78 is 17.9. The van der Waals surface area contributed by atoms with Crippen LogP contribution < -0.4 is 9.64 Å². The quantitative estimate of drug-likeness (QED) is 0.299. The fourth-order valence-electron chi connectivity index (χ4n) is 3.19. The second kappa shape index (κ2) is 10.7. The van der Waals surface area contributed by atoms with Crippen LogP contribution >= 0.6 is 27.3 Å². The fraction of sp³-hybridized carbons (Fsp3) is 0.360. The van der Waals surface area contributed by atoms with Gasteiger partial charge in [-0.05, 0) is 92.0 Å². The molecule has 0 bridgehead atoms. The van der Waals surface area contributed by atoms with Gasteiger partial charge in [0.25, 0.3) is 0 Å². The van der Waals surface area contributed by atoms with Crippen LogP contribution in [0.4, 0.5) is 10.5 Å². The lowest BCUT2D eigenvalue weighted by Crippen LogP contribution is -2.37. The van der Waals surface area contributed by atoms with Gasteiger partial charge in [-0.2, -0.15) is 0 Å². The third kappa shape index (κ3) is 6.56. The van der Waals surface area contributed by atoms with Crippen LogP contribution in [0.3, 0.4) is 0 Å². The maximum Gasteiger partial charge on any atom is 0.414 e. The maximum absolute atomic E-state index is 12.7. The lowest BCUT2D eigenvalue weighted by atomic mass is 10.1. The lowest BCUT2D eigenvalue weighted by Gasteiger charge is -2.27. The number of benzene rings is 2. The summed E-state index contributed by atoms with van der Waals surface area (Å²) in [5.74, 6) is 0.724. The molecule has 2 aromatic carbocycles. The molecule has 0 atom stereocenters. The summed E-state index contributed by atoms with van der Waals surface area (Å²) in [6.07, 6.45) is 3.65. The minimum absolute atomic E-state index is 0.199. The molecule has 176 valence electrons. The van der Waals surface area contributed by atoms with Crippen LogP contribution in [0.2, 0.25) is 0 Å². The Kier molecular flexibility index (Phi) is 8.15. The number of fused-ring (bicyclic) bond motifs is 1. The van der Waals surface area contributed by atoms with Crippen LogP contribution in [-0.4, -0.2) is 37.1 Å². The first-order valence-electron chi connectivity index (χ1n) is 10.6. The molecular weight excluding hydrogens is 504 g/mol. The van der Waals surface area contributed by atoms with E-state index in [2.05, 4.69) is 15.9 Å². The summed E-state index contributed by atoms with van der Waals surface area (Å²) in [6.45, 7) is 10.3. The SMILES string of the molecule is CCN(C(=O)OC(C)(C)C)c1cc2sc(/C=C/c3ccc(OCOC)c(Br)c3)nc2cc1C. The zero-order chi connectivity index (χ0) is 24.2. The van der Waals surface area contributed by atoms with Gasteiger partial charge >= 0.3 is 6.09 Å². The molecule has 0 radical (unpaired) electrons. The molecule has 8 heteroatoms. The summed E-state index contributed by atoms with van der Waals surface area (Å²) in [7, 11) is 1.59. The number of amides is 1. The molecule has 0 aliphatic heterocycles. The molecule has 1 heterocycles. The molecule has 33 heavy (non-hydrogen) atoms. The summed E-state index contributed by atoms with van der Waals surface area (Å²) in [6, 6.07) is 9.89. The van der Waals surface area contributed by atoms with Gasteiger partial charge < -0.3 is 14.2 Å². The lowest BCUT2D eigenvalue weighted by molar-refractivity contribution is 0.0505. The van der Waals surface area contributed by atoms with Gasteiger partial charge in [0, 0.05) is 13.7 Å². The second-order valence-electron chi connectivity index (χ2n) is 8.46. The number of carbonyl (C=O) groups is 1. The van der Waals surface area contributed by atoms with Crippen LogP contribution in [0.15, 0.2) is 34.8 Å². The van der Waals surface area contributed by atoms with Crippen molar-refractivity contribution < 1.29 is 19.0 Å². The minimum atomic E-state index is -0.548. The molecule has 3 aromatic rings. The number of anilines is 1. The van der Waals surface area contributed by atoms with E-state index in [0.717, 1.165) is 42.3 Å². The highest BCUT2D eigenvalue weighted by Crippen LogP contribution is 2.32. The fourth-order valence-corrected chi connectivity index (χ4v) is 4.59. The number of aromatic nitrogens is 1. The van der Waals surface area contributed by atoms with E-state index >= 15 is 0 Å². The summed E-state index contributed by atoms with van der Waals surface area (Å²) in [5, 5.41) is 0.887. The van der Waals surface area contributed by atoms with Crippen molar-refractivity contribution in [1.29, 1.82) is 0 Å². The molecule has 0 aliphatic rings. The number of hydrogen-bond donors (Lipinski definition) is 0. The minimum Gasteiger partial charge on any atom is -0.466 e. The van der Waals surface area contributed by atoms with Gasteiger partial charge in [0.1, 0.15) is 16.4 Å². The molecular formula is C25H29BrN2O4S. The predicted molar refractivity (Wildman–Crippen MR) is 139 cm³/mol. The standard InChI is InChI=1S/C25H29BrN2O4S/c1-7-28(24(29)32-25(3,4)5)20-14-22-19(12-16(20)2)27-23(33-22)11-9-17-8-10-21(18(26)13-17)31-15-30-6/h8-14H,7,15H2,1-6H3/b11-9+. The van der Waals surface area contributed by atoms with E-state index in [0.29, 0.717) is 6.54 Å². The third-order valence-corrected chi connectivity index (χ3v) is 6.25. The van der Waals surface area contributed by atoms with E-state index in [-0.39, 0.29) is 12.9 Å². The van der Waals surface area contributed by atoms with Gasteiger partial charge in [0.05, 0.1) is 20.4 Å². The molecule has 0 saturated heterocycles. The molecule has 0 N–H and O–H groups in total. The normalized spacial score (nSPS) is 11.8. The summed E-state index contributed by atoms with van der Waals surface area (Å²) >= 11 is 5.11. The molecule has 1 amide bonds. The van der Waals surface area contributed by atoms with Crippen LogP contribution in [-0.2, 0) is 9.47 Å². The number of rotatable bonds is 7. The van der Waals surface area contributed by atoms with Crippen molar-refractivity contribution in [3.8, 4) is 5.75 Å². The Balaban J connectivity index is 1.84. The van der Waals surface area contributed by atoms with Crippen molar-refractivity contribution in [2.24, 2.45) is 0 Å². The molecule has 0 aliphatic carbocycles. The number of aryl methyl sites for hydroxylation is 1. The van der Waals surface area contributed by atoms with Crippen molar-refractivity contribution in [3.05, 3.63) is 50.9 Å². The number of ether oxygens (including phenoxy) is 3. The van der Waals surface area contributed by atoms with Crippen LogP contribution in [0, 0.1) is 6.92 Å². The van der Waals surface area contributed by atoms with Crippen LogP contribution in [0.25, 0.3) is 22.4 Å². The topological polar surface area (TPSA) is 60.9 Å². The number of thiazole rings is 1. The number of methoxy groups -OCH3 is 1. The van der Waals surface area contributed by atoms with Gasteiger partial charge in [-0.25, -0.2) is 9.78 Å². The van der Waals surface area contributed by atoms with E-state index in [4.69, 9.17) is 19.2 Å². The Morgan fingerprint density at radius 2 is 1.97 bits per heavy atom. The van der Waals surface area contributed by atoms with Crippen LogP contribution in [0.5, 0.6) is 5.75 Å². The number of carbonyl (C=O) groups excluding carboxylic acids is 1. The van der Waals surface area contributed by atoms with Crippen molar-refractivity contribution in [2.75, 3.05) is 25.3 Å². The summed E-state index contributed by atoms with van der Waals surface area (Å²) in [5.41, 5.74) is 3.20. The van der Waals surface area contributed by atoms with Crippen molar-refractivity contribution in [2.45, 2.75) is 40.2 Å². The van der Waals surface area contributed by atoms with E-state index in [1.165, 1.54) is 0 Å². The van der Waals surface area contributed by atoms with Gasteiger partial charge in [0.15, 0.2) is 6.79 Å². The zero-order valence-electron chi connectivity index (χ0n) is 19.8. The highest BCUT2D eigenvalue weighted by molar-refractivity contribution is 9.10. The van der Waals surface area contributed by atoms with E-state index < -0.39 is 5.60 Å². The van der Waals surface area contributed by atoms with Crippen LogP contribution in [0.1, 0.15) is 43.8 Å². The average Bonchev–Trinajstić information content (AvgIpc) is 3.12. The van der Waals surface area contributed by atoms with Gasteiger partial charge in [-0.1, -0.05) is 12.1 Å². The first kappa shape index (κ1) is 25.2. The van der Waals surface area contributed by atoms with Gasteiger partial charge in [-0.3, -0.25) is 4.90 Å². The van der Waals surface area contributed by atoms with Crippen molar-refractivity contribution >= 4 is 61.4 Å². The molecule has 3 rings (SSSR count). The average molecular weight is 533 g/mol. The van der Waals surface area contributed by atoms with Gasteiger partial charge in [0.2, 0.25) is 0 Å². The Morgan fingerprint density at radius 1 is 1.21 bits per heavy atom. The molecule has 0 unspecified atom stereocenters. The van der Waals surface area contributed by atoms with Gasteiger partial charge in [-0.15, -0.1) is 11.3 Å². The van der Waals surface area contributed by atoms with E-state index in [1.807, 2.05) is 77.1 Å². The van der Waals surface area contributed by atoms with E-state index in [1.54, 1.807) is 23.3 Å². The Hall–Kier alpha value is -2.42. The predicted octanol–water partition coefficient (Wildman–Crippen LogP) is 7.28. The maximum atomic E-state index is 12.7. The number of halogens is 1. The highest BCUT2D eigenvalue weighted by Gasteiger charge is 2.24. The molecule has 6 nitrogen and oxygen atoms in total. The number of nitrogens with zero attached hydrogens (tertiary/aromatic N) is 2. The number of hydrogen-bond acceptors (Lipinski definition) is 6. The molecule has 0 saturated carbocycles. The molecule has 0 fully saturated rings. The van der Waals surface area contributed by atoms with Crippen molar-refractivity contribution in [1.82, 2.24) is 4.98 Å². The highest BCUT2D eigenvalue weighted by atomic mass is 79.9. The zero-order valence-corrected chi connectivity index (χ0v) is 22.2. The second-order valence-corrected chi connectivity index (χ2v) is 10.4. The monoisotopic (exact) mass is 532 g/mol. The third-order valence-electron chi connectivity index (χ3n) is 4.65. The Morgan fingerprint density at radius 3 is 2.61 bits per heavy atom. The largest absolute Gasteiger partial charge is 0.466 e. The molecule has 0 spiro atoms. The smallest absolute Gasteiger partial charge is 0.414 e.